The van der Waals surface area contributed by atoms with Crippen molar-refractivity contribution in [3.8, 4) is 5.75 Å². The molecule has 0 aliphatic carbocycles. The lowest BCUT2D eigenvalue weighted by molar-refractivity contribution is 0.0536. The number of benzene rings is 1. The van der Waals surface area contributed by atoms with Crippen molar-refractivity contribution >= 4 is 0 Å². The van der Waals surface area contributed by atoms with Crippen molar-refractivity contribution < 1.29 is 14.9 Å². The van der Waals surface area contributed by atoms with E-state index in [-0.39, 0.29) is 13.2 Å². The highest BCUT2D eigenvalue weighted by Crippen LogP contribution is 2.20. The molecule has 0 amide bonds. The van der Waals surface area contributed by atoms with Crippen molar-refractivity contribution in [2.45, 2.75) is 25.9 Å². The van der Waals surface area contributed by atoms with Gasteiger partial charge in [0, 0.05) is 0 Å². The van der Waals surface area contributed by atoms with Crippen LogP contribution in [0.2, 0.25) is 0 Å². The van der Waals surface area contributed by atoms with Gasteiger partial charge in [0.2, 0.25) is 0 Å². The zero-order valence-electron chi connectivity index (χ0n) is 9.18. The number of rotatable bonds is 5. The number of aliphatic hydroxyl groups is 2. The van der Waals surface area contributed by atoms with Gasteiger partial charge in [-0.05, 0) is 23.6 Å². The predicted molar refractivity (Wildman–Crippen MR) is 59.1 cm³/mol. The molecule has 3 heteroatoms. The van der Waals surface area contributed by atoms with Crippen LogP contribution in [0.25, 0.3) is 0 Å². The third kappa shape index (κ3) is 3.90. The van der Waals surface area contributed by atoms with Gasteiger partial charge in [-0.15, -0.1) is 0 Å². The smallest absolute Gasteiger partial charge is 0.119 e. The van der Waals surface area contributed by atoms with E-state index in [0.717, 1.165) is 5.75 Å². The number of aliphatic hydroxyl groups excluding tert-OH is 2. The van der Waals surface area contributed by atoms with Crippen molar-refractivity contribution in [3.05, 3.63) is 29.8 Å². The Morgan fingerprint density at radius 3 is 2.67 bits per heavy atom. The molecule has 0 radical (unpaired) electrons. The van der Waals surface area contributed by atoms with Crippen LogP contribution in [0.3, 0.4) is 0 Å². The Morgan fingerprint density at radius 1 is 1.33 bits per heavy atom. The first-order valence-corrected chi connectivity index (χ1v) is 5.15. The maximum Gasteiger partial charge on any atom is 0.119 e. The second-order valence-corrected chi connectivity index (χ2v) is 3.87. The zero-order valence-corrected chi connectivity index (χ0v) is 9.18. The zero-order chi connectivity index (χ0) is 11.3. The average Bonchev–Trinajstić information content (AvgIpc) is 2.26. The molecule has 84 valence electrons. The van der Waals surface area contributed by atoms with E-state index in [2.05, 4.69) is 13.8 Å². The molecule has 0 saturated carbocycles. The summed E-state index contributed by atoms with van der Waals surface area (Å²) in [4.78, 5) is 0. The second kappa shape index (κ2) is 5.73. The van der Waals surface area contributed by atoms with Crippen molar-refractivity contribution in [1.29, 1.82) is 0 Å². The van der Waals surface area contributed by atoms with Crippen molar-refractivity contribution in [2.75, 3.05) is 13.2 Å². The average molecular weight is 210 g/mol. The number of hydrogen-bond acceptors (Lipinski definition) is 3. The predicted octanol–water partition coefficient (Wildman–Crippen LogP) is 1.54. The fraction of sp³-hybridized carbons (Fsp3) is 0.500. The molecule has 0 aromatic heterocycles. The lowest BCUT2D eigenvalue weighted by Gasteiger charge is -2.12. The first kappa shape index (κ1) is 12.0. The topological polar surface area (TPSA) is 49.7 Å². The van der Waals surface area contributed by atoms with Crippen molar-refractivity contribution in [2.24, 2.45) is 0 Å². The molecular weight excluding hydrogens is 192 g/mol. The van der Waals surface area contributed by atoms with Gasteiger partial charge in [0.15, 0.2) is 0 Å². The van der Waals surface area contributed by atoms with Crippen molar-refractivity contribution in [3.63, 3.8) is 0 Å². The quantitative estimate of drug-likeness (QED) is 0.775. The number of hydrogen-bond donors (Lipinski definition) is 2. The fourth-order valence-corrected chi connectivity index (χ4v) is 1.21. The Hall–Kier alpha value is -1.06. The van der Waals surface area contributed by atoms with E-state index >= 15 is 0 Å². The summed E-state index contributed by atoms with van der Waals surface area (Å²) in [6.07, 6.45) is -0.812. The Balaban J connectivity index is 2.58. The van der Waals surface area contributed by atoms with Crippen LogP contribution in [0, 0.1) is 0 Å². The van der Waals surface area contributed by atoms with Gasteiger partial charge < -0.3 is 14.9 Å². The molecular formula is C12H18O3. The molecule has 0 fully saturated rings. The number of ether oxygens (including phenoxy) is 1. The first-order chi connectivity index (χ1) is 7.13. The van der Waals surface area contributed by atoms with Crippen LogP contribution in [-0.2, 0) is 0 Å². The van der Waals surface area contributed by atoms with Crippen LogP contribution in [0.5, 0.6) is 5.75 Å². The molecule has 1 atom stereocenters. The minimum absolute atomic E-state index is 0.123. The highest BCUT2D eigenvalue weighted by atomic mass is 16.5. The van der Waals surface area contributed by atoms with Gasteiger partial charge in [-0.1, -0.05) is 26.0 Å². The molecule has 0 spiro atoms. The molecule has 0 heterocycles. The molecule has 0 aliphatic heterocycles. The first-order valence-electron chi connectivity index (χ1n) is 5.15. The summed E-state index contributed by atoms with van der Waals surface area (Å²) in [6, 6.07) is 7.76. The Labute approximate surface area is 90.3 Å². The Morgan fingerprint density at radius 2 is 2.07 bits per heavy atom. The molecule has 0 aliphatic rings. The van der Waals surface area contributed by atoms with Crippen molar-refractivity contribution in [1.82, 2.24) is 0 Å². The summed E-state index contributed by atoms with van der Waals surface area (Å²) in [7, 11) is 0. The van der Waals surface area contributed by atoms with E-state index < -0.39 is 6.10 Å². The van der Waals surface area contributed by atoms with Gasteiger partial charge in [0.25, 0.3) is 0 Å². The fourth-order valence-electron chi connectivity index (χ4n) is 1.21. The van der Waals surface area contributed by atoms with Crippen LogP contribution in [0.15, 0.2) is 24.3 Å². The largest absolute Gasteiger partial charge is 0.491 e. The lowest BCUT2D eigenvalue weighted by Crippen LogP contribution is -2.21. The molecule has 1 rings (SSSR count). The maximum absolute atomic E-state index is 9.12. The summed E-state index contributed by atoms with van der Waals surface area (Å²) in [5.41, 5.74) is 1.20. The molecule has 0 unspecified atom stereocenters. The Bertz CT molecular complexity index is 297. The van der Waals surface area contributed by atoms with E-state index in [4.69, 9.17) is 14.9 Å². The summed E-state index contributed by atoms with van der Waals surface area (Å²) in [6.45, 7) is 4.07. The highest BCUT2D eigenvalue weighted by molar-refractivity contribution is 5.30. The molecule has 1 aromatic carbocycles. The van der Waals surface area contributed by atoms with E-state index in [1.165, 1.54) is 5.56 Å². The van der Waals surface area contributed by atoms with Crippen LogP contribution >= 0.6 is 0 Å². The Kier molecular flexibility index (Phi) is 4.59. The molecule has 3 nitrogen and oxygen atoms in total. The second-order valence-electron chi connectivity index (χ2n) is 3.87. The normalized spacial score (nSPS) is 12.9. The van der Waals surface area contributed by atoms with Gasteiger partial charge in [-0.2, -0.15) is 0 Å². The van der Waals surface area contributed by atoms with Crippen LogP contribution in [0.4, 0.5) is 0 Å². The standard InChI is InChI=1S/C12H18O3/c1-9(2)10-4-3-5-12(6-10)15-8-11(14)7-13/h3-6,9,11,13-14H,7-8H2,1-2H3/t11-/m1/s1. The summed E-state index contributed by atoms with van der Waals surface area (Å²) >= 11 is 0. The molecule has 2 N–H and O–H groups in total. The maximum atomic E-state index is 9.12. The molecule has 1 aromatic rings. The lowest BCUT2D eigenvalue weighted by atomic mass is 10.0. The third-order valence-corrected chi connectivity index (χ3v) is 2.18. The van der Waals surface area contributed by atoms with Gasteiger partial charge in [-0.3, -0.25) is 0 Å². The monoisotopic (exact) mass is 210 g/mol. The highest BCUT2D eigenvalue weighted by Gasteiger charge is 2.04. The summed E-state index contributed by atoms with van der Waals surface area (Å²) < 4.78 is 5.34. The van der Waals surface area contributed by atoms with Gasteiger partial charge in [-0.25, -0.2) is 0 Å². The minimum Gasteiger partial charge on any atom is -0.491 e. The van der Waals surface area contributed by atoms with E-state index in [1.54, 1.807) is 0 Å². The van der Waals surface area contributed by atoms with Crippen LogP contribution < -0.4 is 4.74 Å². The summed E-state index contributed by atoms with van der Waals surface area (Å²) in [5.74, 6) is 1.19. The summed E-state index contributed by atoms with van der Waals surface area (Å²) in [5, 5.41) is 17.7. The van der Waals surface area contributed by atoms with Gasteiger partial charge in [0.05, 0.1) is 6.61 Å². The van der Waals surface area contributed by atoms with E-state index in [9.17, 15) is 0 Å². The van der Waals surface area contributed by atoms with Gasteiger partial charge in [0.1, 0.15) is 18.5 Å². The van der Waals surface area contributed by atoms with E-state index in [0.29, 0.717) is 5.92 Å². The third-order valence-electron chi connectivity index (χ3n) is 2.18. The molecule has 15 heavy (non-hydrogen) atoms. The van der Waals surface area contributed by atoms with E-state index in [1.807, 2.05) is 24.3 Å². The van der Waals surface area contributed by atoms with Crippen LogP contribution in [-0.4, -0.2) is 29.5 Å². The van der Waals surface area contributed by atoms with Crippen LogP contribution in [0.1, 0.15) is 25.3 Å². The van der Waals surface area contributed by atoms with Gasteiger partial charge >= 0.3 is 0 Å². The molecule has 0 bridgehead atoms. The SMILES string of the molecule is CC(C)c1cccc(OC[C@H](O)CO)c1. The minimum atomic E-state index is -0.812. The molecule has 0 saturated heterocycles.